The monoisotopic (exact) mass is 306 g/mol. The summed E-state index contributed by atoms with van der Waals surface area (Å²) in [6.07, 6.45) is 4.61. The third-order valence-electron chi connectivity index (χ3n) is 4.89. The number of nitriles is 1. The second kappa shape index (κ2) is 7.59. The first-order valence-corrected chi connectivity index (χ1v) is 8.16. The van der Waals surface area contributed by atoms with Crippen LogP contribution in [0.4, 0.5) is 0 Å². The Labute approximate surface area is 132 Å². The number of rotatable bonds is 5. The molecule has 6 nitrogen and oxygen atoms in total. The number of nitrogens with zero attached hydrogens (tertiary/aromatic N) is 4. The lowest BCUT2D eigenvalue weighted by atomic mass is 10.0. The molecule has 2 heterocycles. The lowest BCUT2D eigenvalue weighted by Crippen LogP contribution is -2.50. The van der Waals surface area contributed by atoms with Crippen molar-refractivity contribution in [2.45, 2.75) is 51.1 Å². The van der Waals surface area contributed by atoms with Crippen molar-refractivity contribution >= 4 is 11.8 Å². The van der Waals surface area contributed by atoms with Crippen LogP contribution >= 0.6 is 0 Å². The van der Waals surface area contributed by atoms with Crippen molar-refractivity contribution < 1.29 is 9.59 Å². The summed E-state index contributed by atoms with van der Waals surface area (Å²) in [5.41, 5.74) is 0. The zero-order valence-corrected chi connectivity index (χ0v) is 13.6. The molecule has 2 unspecified atom stereocenters. The largest absolute Gasteiger partial charge is 0.344 e. The van der Waals surface area contributed by atoms with Gasteiger partial charge >= 0.3 is 0 Å². The number of hydrogen-bond acceptors (Lipinski definition) is 4. The van der Waals surface area contributed by atoms with Crippen LogP contribution in [0.1, 0.15) is 39.0 Å². The molecule has 0 spiro atoms. The molecule has 0 aromatic rings. The van der Waals surface area contributed by atoms with Gasteiger partial charge in [-0.2, -0.15) is 5.26 Å². The third kappa shape index (κ3) is 3.77. The number of likely N-dealkylation sites (tertiary alicyclic amines) is 2. The molecule has 2 fully saturated rings. The van der Waals surface area contributed by atoms with Gasteiger partial charge in [-0.1, -0.05) is 0 Å². The Morgan fingerprint density at radius 2 is 1.91 bits per heavy atom. The summed E-state index contributed by atoms with van der Waals surface area (Å²) in [6.45, 7) is 4.29. The smallest absolute Gasteiger partial charge is 0.236 e. The third-order valence-corrected chi connectivity index (χ3v) is 4.89. The van der Waals surface area contributed by atoms with Crippen LogP contribution in [0.2, 0.25) is 0 Å². The molecule has 2 saturated heterocycles. The van der Waals surface area contributed by atoms with Gasteiger partial charge in [0.05, 0.1) is 19.0 Å². The maximum Gasteiger partial charge on any atom is 0.236 e. The van der Waals surface area contributed by atoms with Crippen molar-refractivity contribution in [3.05, 3.63) is 0 Å². The van der Waals surface area contributed by atoms with Crippen molar-refractivity contribution in [1.82, 2.24) is 14.7 Å². The molecule has 6 heteroatoms. The zero-order valence-electron chi connectivity index (χ0n) is 13.6. The highest BCUT2D eigenvalue weighted by molar-refractivity contribution is 5.78. The van der Waals surface area contributed by atoms with Crippen LogP contribution in [0.3, 0.4) is 0 Å². The molecule has 0 saturated carbocycles. The van der Waals surface area contributed by atoms with Crippen LogP contribution < -0.4 is 0 Å². The standard InChI is InChI=1S/C16H26N4O2/c1-13(21)20-11-4-7-15(20)14-6-3-10-19(14)12-16(22)18(2)9-5-8-17/h14-15H,3-7,9-12H2,1-2H3. The topological polar surface area (TPSA) is 67.7 Å². The van der Waals surface area contributed by atoms with E-state index in [9.17, 15) is 9.59 Å². The number of carbonyl (C=O) groups excluding carboxylic acids is 2. The second-order valence-electron chi connectivity index (χ2n) is 6.33. The fraction of sp³-hybridized carbons (Fsp3) is 0.812. The fourth-order valence-electron chi connectivity index (χ4n) is 3.70. The normalized spacial score (nSPS) is 25.2. The van der Waals surface area contributed by atoms with Gasteiger partial charge in [0.2, 0.25) is 11.8 Å². The SMILES string of the molecule is CC(=O)N1CCCC1C1CCCN1CC(=O)N(C)CCC#N. The average Bonchev–Trinajstić information content (AvgIpc) is 3.12. The van der Waals surface area contributed by atoms with Crippen molar-refractivity contribution in [2.24, 2.45) is 0 Å². The predicted molar refractivity (Wildman–Crippen MR) is 82.9 cm³/mol. The summed E-state index contributed by atoms with van der Waals surface area (Å²) in [7, 11) is 1.75. The van der Waals surface area contributed by atoms with Gasteiger partial charge in [-0.3, -0.25) is 14.5 Å². The molecule has 22 heavy (non-hydrogen) atoms. The van der Waals surface area contributed by atoms with Crippen LogP contribution in [-0.4, -0.2) is 71.8 Å². The Balaban J connectivity index is 1.94. The lowest BCUT2D eigenvalue weighted by Gasteiger charge is -2.34. The molecule has 122 valence electrons. The molecule has 0 aromatic heterocycles. The first kappa shape index (κ1) is 16.8. The van der Waals surface area contributed by atoms with Gasteiger partial charge in [0.15, 0.2) is 0 Å². The molecule has 2 amide bonds. The quantitative estimate of drug-likeness (QED) is 0.754. The molecule has 0 aliphatic carbocycles. The second-order valence-corrected chi connectivity index (χ2v) is 6.33. The minimum Gasteiger partial charge on any atom is -0.344 e. The highest BCUT2D eigenvalue weighted by Gasteiger charge is 2.39. The lowest BCUT2D eigenvalue weighted by molar-refractivity contribution is -0.132. The van der Waals surface area contributed by atoms with Crippen molar-refractivity contribution in [2.75, 3.05) is 33.2 Å². The van der Waals surface area contributed by atoms with Gasteiger partial charge in [-0.05, 0) is 32.2 Å². The highest BCUT2D eigenvalue weighted by Crippen LogP contribution is 2.29. The Hall–Kier alpha value is -1.61. The van der Waals surface area contributed by atoms with E-state index in [-0.39, 0.29) is 17.9 Å². The summed E-state index contributed by atoms with van der Waals surface area (Å²) < 4.78 is 0. The number of amides is 2. The van der Waals surface area contributed by atoms with Crippen LogP contribution in [-0.2, 0) is 9.59 Å². The molecular weight excluding hydrogens is 280 g/mol. The minimum atomic E-state index is 0.0644. The van der Waals surface area contributed by atoms with Gasteiger partial charge in [-0.15, -0.1) is 0 Å². The van der Waals surface area contributed by atoms with Crippen LogP contribution in [0.15, 0.2) is 0 Å². The van der Waals surface area contributed by atoms with E-state index in [2.05, 4.69) is 11.0 Å². The van der Waals surface area contributed by atoms with Gasteiger partial charge in [0, 0.05) is 39.1 Å². The average molecular weight is 306 g/mol. The molecule has 2 rings (SSSR count). The molecule has 2 aliphatic heterocycles. The minimum absolute atomic E-state index is 0.0644. The maximum atomic E-state index is 12.3. The first-order valence-electron chi connectivity index (χ1n) is 8.16. The summed E-state index contributed by atoms with van der Waals surface area (Å²) in [5, 5.41) is 8.61. The summed E-state index contributed by atoms with van der Waals surface area (Å²) in [4.78, 5) is 29.9. The van der Waals surface area contributed by atoms with E-state index in [1.807, 2.05) is 4.90 Å². The number of carbonyl (C=O) groups is 2. The molecule has 0 bridgehead atoms. The summed E-state index contributed by atoms with van der Waals surface area (Å²) >= 11 is 0. The van der Waals surface area contributed by atoms with Crippen LogP contribution in [0.5, 0.6) is 0 Å². The van der Waals surface area contributed by atoms with Crippen molar-refractivity contribution in [1.29, 1.82) is 5.26 Å². The summed E-state index contributed by atoms with van der Waals surface area (Å²) in [6, 6.07) is 2.63. The fourth-order valence-corrected chi connectivity index (χ4v) is 3.70. The van der Waals surface area contributed by atoms with Crippen LogP contribution in [0, 0.1) is 11.3 Å². The Bertz CT molecular complexity index is 460. The van der Waals surface area contributed by atoms with E-state index >= 15 is 0 Å². The molecule has 2 atom stereocenters. The highest BCUT2D eigenvalue weighted by atomic mass is 16.2. The molecular formula is C16H26N4O2. The molecule has 0 N–H and O–H groups in total. The van der Waals surface area contributed by atoms with Gasteiger partial charge in [-0.25, -0.2) is 0 Å². The number of hydrogen-bond donors (Lipinski definition) is 0. The van der Waals surface area contributed by atoms with E-state index in [4.69, 9.17) is 5.26 Å². The van der Waals surface area contributed by atoms with Gasteiger partial charge in [0.1, 0.15) is 0 Å². The molecule has 0 aromatic carbocycles. The first-order chi connectivity index (χ1) is 10.5. The summed E-state index contributed by atoms with van der Waals surface area (Å²) in [5.74, 6) is 0.210. The number of likely N-dealkylation sites (N-methyl/N-ethyl adjacent to an activating group) is 1. The van der Waals surface area contributed by atoms with Crippen LogP contribution in [0.25, 0.3) is 0 Å². The van der Waals surface area contributed by atoms with E-state index in [0.717, 1.165) is 38.8 Å². The predicted octanol–water partition coefficient (Wildman–Crippen LogP) is 0.834. The Morgan fingerprint density at radius 1 is 1.23 bits per heavy atom. The zero-order chi connectivity index (χ0) is 16.1. The van der Waals surface area contributed by atoms with E-state index in [1.54, 1.807) is 18.9 Å². The van der Waals surface area contributed by atoms with Gasteiger partial charge in [0.25, 0.3) is 0 Å². The van der Waals surface area contributed by atoms with E-state index in [0.29, 0.717) is 25.6 Å². The Kier molecular flexibility index (Phi) is 5.78. The van der Waals surface area contributed by atoms with E-state index in [1.165, 1.54) is 0 Å². The maximum absolute atomic E-state index is 12.3. The molecule has 2 aliphatic rings. The van der Waals surface area contributed by atoms with E-state index < -0.39 is 0 Å². The van der Waals surface area contributed by atoms with Crippen molar-refractivity contribution in [3.63, 3.8) is 0 Å². The molecule has 0 radical (unpaired) electrons. The van der Waals surface area contributed by atoms with Crippen molar-refractivity contribution in [3.8, 4) is 6.07 Å². The van der Waals surface area contributed by atoms with Gasteiger partial charge < -0.3 is 9.80 Å². The Morgan fingerprint density at radius 3 is 2.59 bits per heavy atom.